The average molecular weight is 181 g/mol. The van der Waals surface area contributed by atoms with Crippen LogP contribution in [0.2, 0.25) is 0 Å². The van der Waals surface area contributed by atoms with E-state index in [1.807, 2.05) is 6.33 Å². The SMILES string of the molecule is CC(C)n1cnnc1CC(C)(C)C. The van der Waals surface area contributed by atoms with Gasteiger partial charge in [-0.1, -0.05) is 20.8 Å². The Morgan fingerprint density at radius 2 is 2.00 bits per heavy atom. The Balaban J connectivity index is 2.83. The monoisotopic (exact) mass is 181 g/mol. The summed E-state index contributed by atoms with van der Waals surface area (Å²) in [4.78, 5) is 0. The highest BCUT2D eigenvalue weighted by atomic mass is 15.3. The van der Waals surface area contributed by atoms with E-state index in [2.05, 4.69) is 49.4 Å². The first kappa shape index (κ1) is 10.2. The molecule has 1 aromatic rings. The highest BCUT2D eigenvalue weighted by molar-refractivity contribution is 4.91. The van der Waals surface area contributed by atoms with Crippen molar-refractivity contribution in [1.29, 1.82) is 0 Å². The van der Waals surface area contributed by atoms with Crippen molar-refractivity contribution in [1.82, 2.24) is 14.8 Å². The minimum absolute atomic E-state index is 0.277. The molecule has 0 radical (unpaired) electrons. The van der Waals surface area contributed by atoms with Crippen LogP contribution in [0.1, 0.15) is 46.5 Å². The number of hydrogen-bond acceptors (Lipinski definition) is 2. The van der Waals surface area contributed by atoms with Gasteiger partial charge in [-0.3, -0.25) is 0 Å². The minimum atomic E-state index is 0.277. The zero-order valence-electron chi connectivity index (χ0n) is 9.20. The van der Waals surface area contributed by atoms with Crippen LogP contribution in [0.3, 0.4) is 0 Å². The molecule has 1 rings (SSSR count). The second kappa shape index (κ2) is 3.48. The summed E-state index contributed by atoms with van der Waals surface area (Å²) in [7, 11) is 0. The molecule has 0 aromatic carbocycles. The number of aromatic nitrogens is 3. The molecule has 0 spiro atoms. The topological polar surface area (TPSA) is 30.7 Å². The highest BCUT2D eigenvalue weighted by Crippen LogP contribution is 2.20. The van der Waals surface area contributed by atoms with Crippen LogP contribution in [0, 0.1) is 5.41 Å². The van der Waals surface area contributed by atoms with Crippen LogP contribution < -0.4 is 0 Å². The smallest absolute Gasteiger partial charge is 0.133 e. The van der Waals surface area contributed by atoms with Gasteiger partial charge in [0.1, 0.15) is 12.2 Å². The first-order valence-corrected chi connectivity index (χ1v) is 4.78. The third-order valence-electron chi connectivity index (χ3n) is 1.89. The van der Waals surface area contributed by atoms with Gasteiger partial charge in [-0.25, -0.2) is 0 Å². The van der Waals surface area contributed by atoms with Crippen LogP contribution in [-0.4, -0.2) is 14.8 Å². The molecule has 0 atom stereocenters. The Bertz CT molecular complexity index is 268. The summed E-state index contributed by atoms with van der Waals surface area (Å²) < 4.78 is 2.13. The fraction of sp³-hybridized carbons (Fsp3) is 0.800. The number of nitrogens with zero attached hydrogens (tertiary/aromatic N) is 3. The summed E-state index contributed by atoms with van der Waals surface area (Å²) in [5, 5.41) is 8.08. The maximum Gasteiger partial charge on any atom is 0.133 e. The van der Waals surface area contributed by atoms with Gasteiger partial charge in [0.25, 0.3) is 0 Å². The largest absolute Gasteiger partial charge is 0.315 e. The lowest BCUT2D eigenvalue weighted by molar-refractivity contribution is 0.386. The molecule has 74 valence electrons. The van der Waals surface area contributed by atoms with Crippen molar-refractivity contribution in [2.45, 2.75) is 47.1 Å². The van der Waals surface area contributed by atoms with Crippen LogP contribution in [-0.2, 0) is 6.42 Å². The molecule has 0 saturated heterocycles. The van der Waals surface area contributed by atoms with Gasteiger partial charge in [0.15, 0.2) is 0 Å². The van der Waals surface area contributed by atoms with Crippen molar-refractivity contribution in [2.75, 3.05) is 0 Å². The molecule has 0 saturated carbocycles. The lowest BCUT2D eigenvalue weighted by atomic mass is 9.92. The van der Waals surface area contributed by atoms with Crippen molar-refractivity contribution in [3.8, 4) is 0 Å². The van der Waals surface area contributed by atoms with Gasteiger partial charge in [0, 0.05) is 12.5 Å². The van der Waals surface area contributed by atoms with Crippen molar-refractivity contribution >= 4 is 0 Å². The standard InChI is InChI=1S/C10H19N3/c1-8(2)13-7-11-12-9(13)6-10(3,4)5/h7-8H,6H2,1-5H3. The summed E-state index contributed by atoms with van der Waals surface area (Å²) >= 11 is 0. The Labute approximate surface area is 80.2 Å². The summed E-state index contributed by atoms with van der Waals surface area (Å²) in [5.41, 5.74) is 0.277. The molecule has 1 heterocycles. The number of rotatable bonds is 2. The highest BCUT2D eigenvalue weighted by Gasteiger charge is 2.16. The second-order valence-electron chi connectivity index (χ2n) is 4.99. The number of hydrogen-bond donors (Lipinski definition) is 0. The third kappa shape index (κ3) is 2.83. The van der Waals surface area contributed by atoms with E-state index in [0.29, 0.717) is 6.04 Å². The summed E-state index contributed by atoms with van der Waals surface area (Å²) in [6, 6.07) is 0.451. The van der Waals surface area contributed by atoms with E-state index < -0.39 is 0 Å². The molecule has 1 aromatic heterocycles. The zero-order valence-corrected chi connectivity index (χ0v) is 9.20. The molecule has 0 fully saturated rings. The molecular weight excluding hydrogens is 162 g/mol. The van der Waals surface area contributed by atoms with Crippen LogP contribution in [0.4, 0.5) is 0 Å². The maximum atomic E-state index is 4.14. The summed E-state index contributed by atoms with van der Waals surface area (Å²) in [5.74, 6) is 1.09. The normalized spacial score (nSPS) is 12.5. The molecule has 3 heteroatoms. The Morgan fingerprint density at radius 1 is 1.38 bits per heavy atom. The third-order valence-corrected chi connectivity index (χ3v) is 1.89. The predicted molar refractivity (Wildman–Crippen MR) is 53.6 cm³/mol. The van der Waals surface area contributed by atoms with Gasteiger partial charge >= 0.3 is 0 Å². The quantitative estimate of drug-likeness (QED) is 0.701. The van der Waals surface area contributed by atoms with Gasteiger partial charge in [-0.15, -0.1) is 10.2 Å². The Hall–Kier alpha value is -0.860. The summed E-state index contributed by atoms with van der Waals surface area (Å²) in [6.45, 7) is 10.9. The first-order valence-electron chi connectivity index (χ1n) is 4.78. The molecule has 3 nitrogen and oxygen atoms in total. The van der Waals surface area contributed by atoms with Crippen molar-refractivity contribution in [3.05, 3.63) is 12.2 Å². The maximum absolute atomic E-state index is 4.14. The van der Waals surface area contributed by atoms with Gasteiger partial charge < -0.3 is 4.57 Å². The van der Waals surface area contributed by atoms with E-state index in [1.165, 1.54) is 0 Å². The van der Waals surface area contributed by atoms with Crippen molar-refractivity contribution < 1.29 is 0 Å². The molecule has 0 aliphatic carbocycles. The molecule has 0 amide bonds. The van der Waals surface area contributed by atoms with Crippen LogP contribution in [0.15, 0.2) is 6.33 Å². The van der Waals surface area contributed by atoms with E-state index in [9.17, 15) is 0 Å². The molecule has 0 N–H and O–H groups in total. The molecular formula is C10H19N3. The lowest BCUT2D eigenvalue weighted by Gasteiger charge is -2.19. The molecule has 0 aliphatic heterocycles. The second-order valence-corrected chi connectivity index (χ2v) is 4.99. The molecule has 0 unspecified atom stereocenters. The lowest BCUT2D eigenvalue weighted by Crippen LogP contribution is -2.15. The molecule has 13 heavy (non-hydrogen) atoms. The van der Waals surface area contributed by atoms with Gasteiger partial charge in [0.2, 0.25) is 0 Å². The summed E-state index contributed by atoms with van der Waals surface area (Å²) in [6.07, 6.45) is 2.79. The van der Waals surface area contributed by atoms with Crippen molar-refractivity contribution in [2.24, 2.45) is 5.41 Å². The molecule has 0 bridgehead atoms. The fourth-order valence-electron chi connectivity index (χ4n) is 1.30. The van der Waals surface area contributed by atoms with E-state index in [4.69, 9.17) is 0 Å². The van der Waals surface area contributed by atoms with Gasteiger partial charge in [0.05, 0.1) is 0 Å². The Kier molecular flexibility index (Phi) is 2.74. The molecule has 0 aliphatic rings. The minimum Gasteiger partial charge on any atom is -0.315 e. The zero-order chi connectivity index (χ0) is 10.1. The van der Waals surface area contributed by atoms with E-state index in [0.717, 1.165) is 12.2 Å². The first-order chi connectivity index (χ1) is 5.90. The van der Waals surface area contributed by atoms with E-state index in [1.54, 1.807) is 0 Å². The van der Waals surface area contributed by atoms with E-state index in [-0.39, 0.29) is 5.41 Å². The van der Waals surface area contributed by atoms with Crippen molar-refractivity contribution in [3.63, 3.8) is 0 Å². The fourth-order valence-corrected chi connectivity index (χ4v) is 1.30. The van der Waals surface area contributed by atoms with E-state index >= 15 is 0 Å². The average Bonchev–Trinajstić information content (AvgIpc) is 2.31. The van der Waals surface area contributed by atoms with Gasteiger partial charge in [-0.2, -0.15) is 0 Å². The Morgan fingerprint density at radius 3 is 2.46 bits per heavy atom. The van der Waals surface area contributed by atoms with Crippen LogP contribution >= 0.6 is 0 Å². The predicted octanol–water partition coefficient (Wildman–Crippen LogP) is 2.45. The van der Waals surface area contributed by atoms with Crippen LogP contribution in [0.25, 0.3) is 0 Å². The van der Waals surface area contributed by atoms with Gasteiger partial charge in [-0.05, 0) is 19.3 Å². The van der Waals surface area contributed by atoms with Crippen LogP contribution in [0.5, 0.6) is 0 Å².